The molecule has 2 fully saturated rings. The topological polar surface area (TPSA) is 62.8 Å². The lowest BCUT2D eigenvalue weighted by molar-refractivity contribution is 0.174. The Bertz CT molecular complexity index is 638. The molecular formula is C16H22N4O. The maximum absolute atomic E-state index is 5.17. The molecule has 3 atom stereocenters. The molecule has 1 saturated heterocycles. The first-order valence-electron chi connectivity index (χ1n) is 8.00. The molecule has 1 aliphatic heterocycles. The number of hydrogen-bond donors (Lipinski definition) is 2. The van der Waals surface area contributed by atoms with Crippen LogP contribution in [-0.4, -0.2) is 28.1 Å². The molecule has 2 aliphatic rings. The molecule has 5 nitrogen and oxygen atoms in total. The average molecular weight is 286 g/mol. The van der Waals surface area contributed by atoms with Crippen LogP contribution in [0.15, 0.2) is 12.1 Å². The summed E-state index contributed by atoms with van der Waals surface area (Å²) in [6, 6.07) is 4.87. The minimum Gasteiger partial charge on any atom is -0.481 e. The van der Waals surface area contributed by atoms with Gasteiger partial charge in [0.2, 0.25) is 5.88 Å². The second-order valence-corrected chi connectivity index (χ2v) is 6.29. The molecule has 0 spiro atoms. The van der Waals surface area contributed by atoms with Gasteiger partial charge in [-0.05, 0) is 37.7 Å². The Balaban J connectivity index is 1.58. The third-order valence-electron chi connectivity index (χ3n) is 5.03. The lowest BCUT2D eigenvalue weighted by Crippen LogP contribution is -2.45. The molecule has 21 heavy (non-hydrogen) atoms. The molecule has 0 radical (unpaired) electrons. The van der Waals surface area contributed by atoms with Crippen molar-refractivity contribution in [2.24, 2.45) is 5.92 Å². The van der Waals surface area contributed by atoms with E-state index in [0.717, 1.165) is 29.3 Å². The quantitative estimate of drug-likeness (QED) is 0.891. The van der Waals surface area contributed by atoms with Gasteiger partial charge in [-0.3, -0.25) is 0 Å². The normalized spacial score (nSPS) is 29.3. The smallest absolute Gasteiger partial charge is 0.215 e. The molecule has 0 bridgehead atoms. The van der Waals surface area contributed by atoms with E-state index in [-0.39, 0.29) is 0 Å². The zero-order valence-electron chi connectivity index (χ0n) is 12.4. The van der Waals surface area contributed by atoms with Crippen LogP contribution in [0.2, 0.25) is 0 Å². The fraction of sp³-hybridized carbons (Fsp3) is 0.625. The van der Waals surface area contributed by atoms with Crippen molar-refractivity contribution in [1.29, 1.82) is 0 Å². The highest BCUT2D eigenvalue weighted by Crippen LogP contribution is 2.36. The zero-order valence-corrected chi connectivity index (χ0v) is 12.4. The summed E-state index contributed by atoms with van der Waals surface area (Å²) < 4.78 is 5.17. The highest BCUT2D eigenvalue weighted by Gasteiger charge is 2.33. The van der Waals surface area contributed by atoms with Gasteiger partial charge in [-0.15, -0.1) is 0 Å². The van der Waals surface area contributed by atoms with Crippen LogP contribution in [0.25, 0.3) is 11.2 Å². The van der Waals surface area contributed by atoms with Crippen LogP contribution in [0.4, 0.5) is 0 Å². The molecule has 2 N–H and O–H groups in total. The highest BCUT2D eigenvalue weighted by molar-refractivity contribution is 5.71. The van der Waals surface area contributed by atoms with Gasteiger partial charge in [0.25, 0.3) is 0 Å². The summed E-state index contributed by atoms with van der Waals surface area (Å²) in [6.07, 6.45) is 7.95. The summed E-state index contributed by atoms with van der Waals surface area (Å²) >= 11 is 0. The molecule has 112 valence electrons. The maximum Gasteiger partial charge on any atom is 0.215 e. The SMILES string of the molecule is COc1ccc2[nH]c(C3CCC4CCCCC4N3)nc2n1. The average Bonchev–Trinajstić information content (AvgIpc) is 2.97. The lowest BCUT2D eigenvalue weighted by Gasteiger charge is -2.39. The number of pyridine rings is 1. The van der Waals surface area contributed by atoms with Crippen molar-refractivity contribution in [3.05, 3.63) is 18.0 Å². The third-order valence-corrected chi connectivity index (χ3v) is 5.03. The number of aromatic amines is 1. The van der Waals surface area contributed by atoms with Crippen LogP contribution >= 0.6 is 0 Å². The Kier molecular flexibility index (Phi) is 3.30. The van der Waals surface area contributed by atoms with Crippen molar-refractivity contribution >= 4 is 11.2 Å². The predicted octanol–water partition coefficient (Wildman–Crippen LogP) is 2.95. The predicted molar refractivity (Wildman–Crippen MR) is 81.3 cm³/mol. The number of hydrogen-bond acceptors (Lipinski definition) is 4. The van der Waals surface area contributed by atoms with Crippen LogP contribution < -0.4 is 10.1 Å². The number of nitrogens with one attached hydrogen (secondary N) is 2. The van der Waals surface area contributed by atoms with Crippen molar-refractivity contribution in [1.82, 2.24) is 20.3 Å². The first kappa shape index (κ1) is 13.1. The summed E-state index contributed by atoms with van der Waals surface area (Å²) in [4.78, 5) is 12.5. The van der Waals surface area contributed by atoms with E-state index < -0.39 is 0 Å². The van der Waals surface area contributed by atoms with E-state index >= 15 is 0 Å². The standard InChI is InChI=1S/C16H22N4O/c1-21-14-9-8-13-16(19-14)20-15(18-13)12-7-6-10-4-2-3-5-11(10)17-12/h8-12,17H,2-7H2,1H3,(H,18,19,20). The van der Waals surface area contributed by atoms with Gasteiger partial charge in [0.1, 0.15) is 5.82 Å². The molecule has 4 rings (SSSR count). The van der Waals surface area contributed by atoms with Gasteiger partial charge in [-0.1, -0.05) is 12.8 Å². The van der Waals surface area contributed by atoms with E-state index in [1.165, 1.54) is 32.1 Å². The first-order chi connectivity index (χ1) is 10.3. The molecule has 1 saturated carbocycles. The fourth-order valence-corrected chi connectivity index (χ4v) is 3.88. The second kappa shape index (κ2) is 5.30. The molecule has 0 amide bonds. The number of fused-ring (bicyclic) bond motifs is 2. The number of nitrogens with zero attached hydrogens (tertiary/aromatic N) is 2. The van der Waals surface area contributed by atoms with E-state index in [1.54, 1.807) is 7.11 Å². The number of aromatic nitrogens is 3. The van der Waals surface area contributed by atoms with E-state index in [0.29, 0.717) is 18.0 Å². The monoisotopic (exact) mass is 286 g/mol. The Morgan fingerprint density at radius 1 is 1.10 bits per heavy atom. The van der Waals surface area contributed by atoms with E-state index in [1.807, 2.05) is 12.1 Å². The van der Waals surface area contributed by atoms with Crippen molar-refractivity contribution in [3.8, 4) is 5.88 Å². The van der Waals surface area contributed by atoms with E-state index in [2.05, 4.69) is 20.3 Å². The number of imidazole rings is 1. The van der Waals surface area contributed by atoms with Gasteiger partial charge in [0, 0.05) is 12.1 Å². The van der Waals surface area contributed by atoms with Gasteiger partial charge >= 0.3 is 0 Å². The maximum atomic E-state index is 5.17. The number of H-pyrrole nitrogens is 1. The third kappa shape index (κ3) is 2.39. The van der Waals surface area contributed by atoms with Gasteiger partial charge in [0.15, 0.2) is 5.65 Å². The molecule has 1 aliphatic carbocycles. The Labute approximate surface area is 124 Å². The van der Waals surface area contributed by atoms with Gasteiger partial charge in [-0.2, -0.15) is 4.98 Å². The van der Waals surface area contributed by atoms with Crippen molar-refractivity contribution in [3.63, 3.8) is 0 Å². The summed E-state index contributed by atoms with van der Waals surface area (Å²) in [5, 5.41) is 3.81. The molecule has 3 unspecified atom stereocenters. The number of methoxy groups -OCH3 is 1. The van der Waals surface area contributed by atoms with Crippen LogP contribution in [0, 0.1) is 5.92 Å². The lowest BCUT2D eigenvalue weighted by atomic mass is 9.77. The summed E-state index contributed by atoms with van der Waals surface area (Å²) in [5.74, 6) is 2.51. The van der Waals surface area contributed by atoms with Gasteiger partial charge in [0.05, 0.1) is 18.7 Å². The van der Waals surface area contributed by atoms with Gasteiger partial charge in [-0.25, -0.2) is 4.98 Å². The summed E-state index contributed by atoms with van der Waals surface area (Å²) in [7, 11) is 1.63. The Morgan fingerprint density at radius 3 is 2.90 bits per heavy atom. The minimum absolute atomic E-state index is 0.338. The number of rotatable bonds is 2. The minimum atomic E-state index is 0.338. The number of piperidine rings is 1. The molecule has 0 aromatic carbocycles. The van der Waals surface area contributed by atoms with E-state index in [9.17, 15) is 0 Å². The molecule has 2 aromatic heterocycles. The Morgan fingerprint density at radius 2 is 2.00 bits per heavy atom. The van der Waals surface area contributed by atoms with Gasteiger partial charge < -0.3 is 15.0 Å². The summed E-state index contributed by atoms with van der Waals surface area (Å²) in [5.41, 5.74) is 1.73. The molecule has 2 aromatic rings. The largest absolute Gasteiger partial charge is 0.481 e. The van der Waals surface area contributed by atoms with Crippen molar-refractivity contribution in [2.45, 2.75) is 50.6 Å². The molecule has 5 heteroatoms. The zero-order chi connectivity index (χ0) is 14.2. The molecule has 3 heterocycles. The van der Waals surface area contributed by atoms with Crippen molar-refractivity contribution in [2.75, 3.05) is 7.11 Å². The first-order valence-corrected chi connectivity index (χ1v) is 8.00. The van der Waals surface area contributed by atoms with E-state index in [4.69, 9.17) is 4.74 Å². The van der Waals surface area contributed by atoms with Crippen LogP contribution in [0.1, 0.15) is 50.4 Å². The summed E-state index contributed by atoms with van der Waals surface area (Å²) in [6.45, 7) is 0. The number of ether oxygens (including phenoxy) is 1. The van der Waals surface area contributed by atoms with Crippen molar-refractivity contribution < 1.29 is 4.74 Å². The highest BCUT2D eigenvalue weighted by atomic mass is 16.5. The van der Waals surface area contributed by atoms with Crippen LogP contribution in [0.3, 0.4) is 0 Å². The fourth-order valence-electron chi connectivity index (χ4n) is 3.88. The molecular weight excluding hydrogens is 264 g/mol. The van der Waals surface area contributed by atoms with Crippen LogP contribution in [-0.2, 0) is 0 Å². The Hall–Kier alpha value is -1.62. The van der Waals surface area contributed by atoms with Crippen LogP contribution in [0.5, 0.6) is 5.88 Å². The second-order valence-electron chi connectivity index (χ2n) is 6.29.